The highest BCUT2D eigenvalue weighted by molar-refractivity contribution is 7.89. The summed E-state index contributed by atoms with van der Waals surface area (Å²) in [5.74, 6) is 0. The third-order valence-corrected chi connectivity index (χ3v) is 7.58. The Bertz CT molecular complexity index is 1100. The molecule has 0 bridgehead atoms. The topological polar surface area (TPSA) is 52.7 Å². The summed E-state index contributed by atoms with van der Waals surface area (Å²) < 4.78 is 28.3. The summed E-state index contributed by atoms with van der Waals surface area (Å²) in [5, 5.41) is 0. The number of sulfonamides is 1. The maximum atomic E-state index is 12.8. The molecule has 1 heterocycles. The highest BCUT2D eigenvalue weighted by Gasteiger charge is 2.18. The Morgan fingerprint density at radius 3 is 2.00 bits per heavy atom. The fourth-order valence-corrected chi connectivity index (χ4v) is 5.40. The second kappa shape index (κ2) is 11.6. The molecule has 0 unspecified atom stereocenters. The fraction of sp³-hybridized carbons (Fsp3) is 0.333. The van der Waals surface area contributed by atoms with Crippen LogP contribution >= 0.6 is 0 Å². The maximum absolute atomic E-state index is 12.8. The van der Waals surface area contributed by atoms with E-state index in [9.17, 15) is 8.42 Å². The smallest absolute Gasteiger partial charge is 0.240 e. The SMILES string of the molecule is O=S(=O)(NCCCN1CCN(Cc2ccccc2)CC1)c1cccc(Cc2ccccc2)c1. The lowest BCUT2D eigenvalue weighted by Crippen LogP contribution is -2.46. The van der Waals surface area contributed by atoms with E-state index in [2.05, 4.69) is 57.0 Å². The number of hydrogen-bond acceptors (Lipinski definition) is 4. The molecule has 0 aliphatic carbocycles. The first-order valence-corrected chi connectivity index (χ1v) is 13.2. The van der Waals surface area contributed by atoms with Gasteiger partial charge < -0.3 is 4.90 Å². The molecular weight excluding hydrogens is 430 g/mol. The van der Waals surface area contributed by atoms with Crippen LogP contribution in [0, 0.1) is 0 Å². The molecule has 0 amide bonds. The van der Waals surface area contributed by atoms with Gasteiger partial charge in [0.25, 0.3) is 0 Å². The highest BCUT2D eigenvalue weighted by atomic mass is 32.2. The molecular formula is C27H33N3O2S. The van der Waals surface area contributed by atoms with Crippen LogP contribution < -0.4 is 4.72 Å². The second-order valence-electron chi connectivity index (χ2n) is 8.66. The lowest BCUT2D eigenvalue weighted by molar-refractivity contribution is 0.126. The van der Waals surface area contributed by atoms with E-state index in [1.54, 1.807) is 12.1 Å². The minimum absolute atomic E-state index is 0.338. The average Bonchev–Trinajstić information content (AvgIpc) is 2.84. The van der Waals surface area contributed by atoms with E-state index in [1.807, 2.05) is 30.3 Å². The van der Waals surface area contributed by atoms with Crippen molar-refractivity contribution in [3.05, 3.63) is 102 Å². The van der Waals surface area contributed by atoms with Crippen molar-refractivity contribution < 1.29 is 8.42 Å². The van der Waals surface area contributed by atoms with Crippen LogP contribution in [0.5, 0.6) is 0 Å². The predicted octanol–water partition coefficient (Wildman–Crippen LogP) is 3.76. The van der Waals surface area contributed by atoms with E-state index in [-0.39, 0.29) is 0 Å². The van der Waals surface area contributed by atoms with Crippen LogP contribution in [-0.4, -0.2) is 57.5 Å². The second-order valence-corrected chi connectivity index (χ2v) is 10.4. The Morgan fingerprint density at radius 1 is 0.697 bits per heavy atom. The van der Waals surface area contributed by atoms with Crippen molar-refractivity contribution >= 4 is 10.0 Å². The minimum atomic E-state index is -3.50. The molecule has 0 spiro atoms. The Morgan fingerprint density at radius 2 is 1.30 bits per heavy atom. The van der Waals surface area contributed by atoms with Crippen molar-refractivity contribution in [1.29, 1.82) is 0 Å². The summed E-state index contributed by atoms with van der Waals surface area (Å²) in [4.78, 5) is 5.25. The van der Waals surface area contributed by atoms with E-state index < -0.39 is 10.0 Å². The molecule has 0 atom stereocenters. The van der Waals surface area contributed by atoms with E-state index >= 15 is 0 Å². The van der Waals surface area contributed by atoms with Gasteiger partial charge in [0.15, 0.2) is 0 Å². The van der Waals surface area contributed by atoms with Gasteiger partial charge in [-0.1, -0.05) is 72.8 Å². The van der Waals surface area contributed by atoms with Gasteiger partial charge in [-0.3, -0.25) is 4.90 Å². The molecule has 0 radical (unpaired) electrons. The lowest BCUT2D eigenvalue weighted by atomic mass is 10.1. The molecule has 5 nitrogen and oxygen atoms in total. The van der Waals surface area contributed by atoms with Crippen molar-refractivity contribution in [3.8, 4) is 0 Å². The van der Waals surface area contributed by atoms with Crippen molar-refractivity contribution in [2.75, 3.05) is 39.3 Å². The number of benzene rings is 3. The van der Waals surface area contributed by atoms with Crippen molar-refractivity contribution in [2.45, 2.75) is 24.3 Å². The molecule has 1 aliphatic heterocycles. The van der Waals surface area contributed by atoms with Gasteiger partial charge >= 0.3 is 0 Å². The van der Waals surface area contributed by atoms with Crippen molar-refractivity contribution in [3.63, 3.8) is 0 Å². The van der Waals surface area contributed by atoms with Crippen LogP contribution in [0.25, 0.3) is 0 Å². The third-order valence-electron chi connectivity index (χ3n) is 6.12. The van der Waals surface area contributed by atoms with Crippen LogP contribution in [0.15, 0.2) is 89.8 Å². The number of nitrogens with zero attached hydrogens (tertiary/aromatic N) is 2. The van der Waals surface area contributed by atoms with Crippen molar-refractivity contribution in [1.82, 2.24) is 14.5 Å². The summed E-state index contributed by atoms with van der Waals surface area (Å²) in [6.45, 7) is 6.52. The van der Waals surface area contributed by atoms with Gasteiger partial charge in [0, 0.05) is 39.3 Å². The number of nitrogens with one attached hydrogen (secondary N) is 1. The lowest BCUT2D eigenvalue weighted by Gasteiger charge is -2.34. The molecule has 1 saturated heterocycles. The van der Waals surface area contributed by atoms with E-state index in [1.165, 1.54) is 11.1 Å². The van der Waals surface area contributed by atoms with Gasteiger partial charge in [0.1, 0.15) is 0 Å². The van der Waals surface area contributed by atoms with E-state index in [0.717, 1.165) is 57.7 Å². The summed E-state index contributed by atoms with van der Waals surface area (Å²) in [6, 6.07) is 27.9. The first-order valence-electron chi connectivity index (χ1n) is 11.7. The Kier molecular flexibility index (Phi) is 8.29. The zero-order valence-electron chi connectivity index (χ0n) is 19.1. The largest absolute Gasteiger partial charge is 0.301 e. The standard InChI is InChI=1S/C27H33N3O2S/c31-33(32,27-14-7-13-26(22-27)21-24-9-3-1-4-10-24)28-15-8-16-29-17-19-30(20-18-29)23-25-11-5-2-6-12-25/h1-7,9-14,22,28H,8,15-21,23H2. The maximum Gasteiger partial charge on any atom is 0.240 e. The summed E-state index contributed by atoms with van der Waals surface area (Å²) >= 11 is 0. The summed E-state index contributed by atoms with van der Waals surface area (Å²) in [5.41, 5.74) is 3.52. The molecule has 1 fully saturated rings. The van der Waals surface area contributed by atoms with Crippen LogP contribution in [0.2, 0.25) is 0 Å². The Labute approximate surface area is 198 Å². The molecule has 0 aromatic heterocycles. The van der Waals surface area contributed by atoms with Gasteiger partial charge in [0.2, 0.25) is 10.0 Å². The zero-order chi connectivity index (χ0) is 22.9. The predicted molar refractivity (Wildman–Crippen MR) is 134 cm³/mol. The first kappa shape index (κ1) is 23.6. The van der Waals surface area contributed by atoms with Crippen LogP contribution in [0.4, 0.5) is 0 Å². The van der Waals surface area contributed by atoms with Crippen LogP contribution in [0.3, 0.4) is 0 Å². The third kappa shape index (κ3) is 7.24. The van der Waals surface area contributed by atoms with Gasteiger partial charge in [-0.25, -0.2) is 13.1 Å². The van der Waals surface area contributed by atoms with E-state index in [4.69, 9.17) is 0 Å². The molecule has 3 aromatic rings. The van der Waals surface area contributed by atoms with Crippen LogP contribution in [-0.2, 0) is 23.0 Å². The van der Waals surface area contributed by atoms with Crippen LogP contribution in [0.1, 0.15) is 23.1 Å². The van der Waals surface area contributed by atoms with E-state index in [0.29, 0.717) is 11.4 Å². The average molecular weight is 464 g/mol. The quantitative estimate of drug-likeness (QED) is 0.465. The molecule has 1 aliphatic rings. The molecule has 4 rings (SSSR count). The number of rotatable bonds is 10. The van der Waals surface area contributed by atoms with Crippen molar-refractivity contribution in [2.24, 2.45) is 0 Å². The Hall–Kier alpha value is -2.51. The summed E-state index contributed by atoms with van der Waals surface area (Å²) in [6.07, 6.45) is 1.53. The normalized spacial score (nSPS) is 15.5. The minimum Gasteiger partial charge on any atom is -0.301 e. The molecule has 3 aromatic carbocycles. The van der Waals surface area contributed by atoms with Gasteiger partial charge in [-0.15, -0.1) is 0 Å². The van der Waals surface area contributed by atoms with Gasteiger partial charge in [-0.05, 0) is 48.2 Å². The molecule has 6 heteroatoms. The first-order chi connectivity index (χ1) is 16.1. The van der Waals surface area contributed by atoms with Gasteiger partial charge in [-0.2, -0.15) is 0 Å². The molecule has 0 saturated carbocycles. The van der Waals surface area contributed by atoms with Gasteiger partial charge in [0.05, 0.1) is 4.90 Å². The Balaban J connectivity index is 1.19. The molecule has 33 heavy (non-hydrogen) atoms. The molecule has 174 valence electrons. The summed E-state index contributed by atoms with van der Waals surface area (Å²) in [7, 11) is -3.50. The zero-order valence-corrected chi connectivity index (χ0v) is 19.9. The fourth-order valence-electron chi connectivity index (χ4n) is 4.26. The number of hydrogen-bond donors (Lipinski definition) is 1. The molecule has 1 N–H and O–H groups in total. The highest BCUT2D eigenvalue weighted by Crippen LogP contribution is 2.15. The monoisotopic (exact) mass is 463 g/mol. The number of piperazine rings is 1.